The monoisotopic (exact) mass is 466 g/mol. The van der Waals surface area contributed by atoms with Crippen molar-refractivity contribution < 1.29 is 4.79 Å². The average molecular weight is 467 g/mol. The lowest BCUT2D eigenvalue weighted by Crippen LogP contribution is -2.20. The first-order valence-corrected chi connectivity index (χ1v) is 10.8. The lowest BCUT2D eigenvalue weighted by atomic mass is 10.1. The number of nitrogens with two attached hydrogens (primary N) is 2. The van der Waals surface area contributed by atoms with E-state index in [9.17, 15) is 10.1 Å². The van der Waals surface area contributed by atoms with E-state index in [1.807, 2.05) is 37.3 Å². The molecule has 0 saturated carbocycles. The second kappa shape index (κ2) is 11.8. The number of nitrogens with zero attached hydrogens (tertiary/aromatic N) is 4. The number of hydrogen-bond donors (Lipinski definition) is 4. The van der Waals surface area contributed by atoms with Gasteiger partial charge in [0.05, 0.1) is 35.1 Å². The van der Waals surface area contributed by atoms with Gasteiger partial charge in [-0.05, 0) is 42.8 Å². The predicted molar refractivity (Wildman–Crippen MR) is 138 cm³/mol. The lowest BCUT2D eigenvalue weighted by molar-refractivity contribution is -0.115. The summed E-state index contributed by atoms with van der Waals surface area (Å²) in [6, 6.07) is 18.5. The smallest absolute Gasteiger partial charge is 0.254 e. The van der Waals surface area contributed by atoms with Gasteiger partial charge in [0.25, 0.3) is 5.91 Å². The van der Waals surface area contributed by atoms with E-state index >= 15 is 0 Å². The standard InChI is InChI=1S/C26H26N8O/c1-17-6-5-9-25(33-17)34-22(13-24(29)32-16-20-8-4-3-7-19(20)14-27)18-10-11-31-23(12-18)21(15-28)26(35)30-2/h3-13,15H,16,28H2,1-2H3,(H2,29,32)(H,30,35)(H,33,34)/b21-15?,22-13-. The van der Waals surface area contributed by atoms with Crippen LogP contribution in [0.2, 0.25) is 0 Å². The minimum atomic E-state index is -0.353. The number of nitriles is 1. The Morgan fingerprint density at radius 3 is 2.71 bits per heavy atom. The molecule has 9 nitrogen and oxygen atoms in total. The number of carbonyl (C=O) groups is 1. The molecule has 35 heavy (non-hydrogen) atoms. The molecule has 9 heteroatoms. The molecule has 0 fully saturated rings. The molecule has 1 amide bonds. The van der Waals surface area contributed by atoms with Crippen LogP contribution < -0.4 is 22.1 Å². The Morgan fingerprint density at radius 2 is 2.00 bits per heavy atom. The number of hydrogen-bond acceptors (Lipinski definition) is 7. The van der Waals surface area contributed by atoms with Crippen molar-refractivity contribution in [1.82, 2.24) is 15.3 Å². The van der Waals surface area contributed by atoms with Gasteiger partial charge < -0.3 is 22.1 Å². The predicted octanol–water partition coefficient (Wildman–Crippen LogP) is 2.71. The fraction of sp³-hybridized carbons (Fsp3) is 0.115. The van der Waals surface area contributed by atoms with E-state index in [1.54, 1.807) is 36.5 Å². The maximum absolute atomic E-state index is 12.2. The summed E-state index contributed by atoms with van der Waals surface area (Å²) in [4.78, 5) is 25.4. The zero-order chi connectivity index (χ0) is 25.2. The summed E-state index contributed by atoms with van der Waals surface area (Å²) in [5, 5.41) is 15.1. The van der Waals surface area contributed by atoms with Crippen LogP contribution in [0.3, 0.4) is 0 Å². The SMILES string of the molecule is CNC(=O)C(=CN)c1cc(/C(=C/C(N)=NCc2ccccc2C#N)Nc2cccc(C)n2)ccn1. The van der Waals surface area contributed by atoms with E-state index in [0.29, 0.717) is 28.3 Å². The van der Waals surface area contributed by atoms with Crippen LogP contribution in [0.5, 0.6) is 0 Å². The number of pyridine rings is 2. The van der Waals surface area contributed by atoms with Gasteiger partial charge in [0, 0.05) is 36.8 Å². The minimum Gasteiger partial charge on any atom is -0.404 e. The Kier molecular flexibility index (Phi) is 8.29. The van der Waals surface area contributed by atoms with Crippen molar-refractivity contribution in [2.24, 2.45) is 16.5 Å². The van der Waals surface area contributed by atoms with Crippen molar-refractivity contribution >= 4 is 28.8 Å². The molecular weight excluding hydrogens is 440 g/mol. The van der Waals surface area contributed by atoms with Gasteiger partial charge in [-0.2, -0.15) is 5.26 Å². The molecule has 1 aromatic carbocycles. The maximum atomic E-state index is 12.2. The van der Waals surface area contributed by atoms with E-state index in [4.69, 9.17) is 11.5 Å². The molecule has 0 unspecified atom stereocenters. The Morgan fingerprint density at radius 1 is 1.20 bits per heavy atom. The van der Waals surface area contributed by atoms with Crippen LogP contribution in [0, 0.1) is 18.3 Å². The number of nitrogens with one attached hydrogen (secondary N) is 2. The molecule has 0 bridgehead atoms. The van der Waals surface area contributed by atoms with Crippen LogP contribution in [0.1, 0.15) is 28.1 Å². The summed E-state index contributed by atoms with van der Waals surface area (Å²) in [6.07, 6.45) is 4.46. The lowest BCUT2D eigenvalue weighted by Gasteiger charge is -2.13. The van der Waals surface area contributed by atoms with Gasteiger partial charge in [-0.1, -0.05) is 24.3 Å². The summed E-state index contributed by atoms with van der Waals surface area (Å²) < 4.78 is 0. The number of likely N-dealkylation sites (N-methyl/N-ethyl adjacent to an activating group) is 1. The van der Waals surface area contributed by atoms with E-state index in [-0.39, 0.29) is 23.9 Å². The number of aromatic nitrogens is 2. The molecule has 0 atom stereocenters. The Bertz CT molecular complexity index is 1350. The van der Waals surface area contributed by atoms with Gasteiger partial charge in [0.15, 0.2) is 0 Å². The molecule has 2 heterocycles. The third-order valence-electron chi connectivity index (χ3n) is 5.00. The van der Waals surface area contributed by atoms with Crippen molar-refractivity contribution in [2.75, 3.05) is 12.4 Å². The van der Waals surface area contributed by atoms with Crippen molar-refractivity contribution in [1.29, 1.82) is 5.26 Å². The molecular formula is C26H26N8O. The Hall–Kier alpha value is -4.97. The summed E-state index contributed by atoms with van der Waals surface area (Å²) in [5.74, 6) is 0.499. The normalized spacial score (nSPS) is 12.1. The molecule has 0 saturated heterocycles. The van der Waals surface area contributed by atoms with Gasteiger partial charge in [-0.3, -0.25) is 14.8 Å². The molecule has 6 N–H and O–H groups in total. The third-order valence-corrected chi connectivity index (χ3v) is 5.00. The number of amides is 1. The van der Waals surface area contributed by atoms with E-state index in [2.05, 4.69) is 31.7 Å². The zero-order valence-electron chi connectivity index (χ0n) is 19.5. The largest absolute Gasteiger partial charge is 0.404 e. The van der Waals surface area contributed by atoms with Gasteiger partial charge in [0.2, 0.25) is 0 Å². The molecule has 0 aliphatic heterocycles. The summed E-state index contributed by atoms with van der Waals surface area (Å²) in [6.45, 7) is 2.14. The molecule has 3 rings (SSSR count). The van der Waals surface area contributed by atoms with Gasteiger partial charge in [-0.25, -0.2) is 4.98 Å². The Labute approximate surface area is 203 Å². The fourth-order valence-electron chi connectivity index (χ4n) is 3.24. The molecule has 176 valence electrons. The maximum Gasteiger partial charge on any atom is 0.254 e. The molecule has 3 aromatic rings. The highest BCUT2D eigenvalue weighted by atomic mass is 16.1. The minimum absolute atomic E-state index is 0.233. The van der Waals surface area contributed by atoms with Crippen LogP contribution >= 0.6 is 0 Å². The summed E-state index contributed by atoms with van der Waals surface area (Å²) in [7, 11) is 1.52. The van der Waals surface area contributed by atoms with Gasteiger partial charge in [-0.15, -0.1) is 0 Å². The van der Waals surface area contributed by atoms with Crippen LogP contribution in [0.4, 0.5) is 5.82 Å². The molecule has 0 aliphatic carbocycles. The first-order valence-electron chi connectivity index (χ1n) is 10.8. The summed E-state index contributed by atoms with van der Waals surface area (Å²) >= 11 is 0. The number of rotatable bonds is 8. The number of amidine groups is 1. The van der Waals surface area contributed by atoms with E-state index in [0.717, 1.165) is 11.3 Å². The molecule has 0 aliphatic rings. The highest BCUT2D eigenvalue weighted by molar-refractivity contribution is 6.18. The average Bonchev–Trinajstić information content (AvgIpc) is 2.87. The second-order valence-electron chi connectivity index (χ2n) is 7.45. The first kappa shape index (κ1) is 24.7. The zero-order valence-corrected chi connectivity index (χ0v) is 19.5. The van der Waals surface area contributed by atoms with Gasteiger partial charge in [0.1, 0.15) is 11.7 Å². The van der Waals surface area contributed by atoms with Crippen molar-refractivity contribution in [3.63, 3.8) is 0 Å². The number of aryl methyl sites for hydroxylation is 1. The Balaban J connectivity index is 2.01. The highest BCUT2D eigenvalue weighted by Crippen LogP contribution is 2.21. The quantitative estimate of drug-likeness (QED) is 0.226. The third kappa shape index (κ3) is 6.52. The summed E-state index contributed by atoms with van der Waals surface area (Å²) in [5.41, 5.74) is 16.0. The molecule has 2 aromatic heterocycles. The van der Waals surface area contributed by atoms with Crippen molar-refractivity contribution in [3.8, 4) is 6.07 Å². The van der Waals surface area contributed by atoms with Crippen LogP contribution in [-0.2, 0) is 11.3 Å². The van der Waals surface area contributed by atoms with Gasteiger partial charge >= 0.3 is 0 Å². The number of benzene rings is 1. The van der Waals surface area contributed by atoms with Crippen molar-refractivity contribution in [2.45, 2.75) is 13.5 Å². The van der Waals surface area contributed by atoms with Crippen LogP contribution in [-0.4, -0.2) is 28.8 Å². The highest BCUT2D eigenvalue weighted by Gasteiger charge is 2.14. The van der Waals surface area contributed by atoms with Crippen molar-refractivity contribution in [3.05, 3.63) is 101 Å². The second-order valence-corrected chi connectivity index (χ2v) is 7.45. The van der Waals surface area contributed by atoms with Crippen LogP contribution in [0.15, 0.2) is 78.1 Å². The molecule has 0 spiro atoms. The number of carbonyl (C=O) groups excluding carboxylic acids is 1. The fourth-order valence-corrected chi connectivity index (χ4v) is 3.24. The number of anilines is 1. The topological polar surface area (TPSA) is 155 Å². The van der Waals surface area contributed by atoms with E-state index < -0.39 is 0 Å². The van der Waals surface area contributed by atoms with E-state index in [1.165, 1.54) is 13.2 Å². The van der Waals surface area contributed by atoms with Crippen LogP contribution in [0.25, 0.3) is 11.3 Å². The first-order chi connectivity index (χ1) is 16.9. The number of aliphatic imine (C=N–C) groups is 1. The molecule has 0 radical (unpaired) electrons.